The van der Waals surface area contributed by atoms with E-state index in [0.29, 0.717) is 11.4 Å². The van der Waals surface area contributed by atoms with Gasteiger partial charge in [0, 0.05) is 27.1 Å². The van der Waals surface area contributed by atoms with Crippen LogP contribution in [0.3, 0.4) is 0 Å². The van der Waals surface area contributed by atoms with Gasteiger partial charge in [-0.2, -0.15) is 0 Å². The molecule has 0 radical (unpaired) electrons. The van der Waals surface area contributed by atoms with Crippen LogP contribution in [0.5, 0.6) is 0 Å². The highest BCUT2D eigenvalue weighted by atomic mass is 16.3. The minimum atomic E-state index is 0.585. The molecule has 5 nitrogen and oxygen atoms in total. The van der Waals surface area contributed by atoms with Gasteiger partial charge in [0.2, 0.25) is 0 Å². The molecule has 0 N–H and O–H groups in total. The predicted molar refractivity (Wildman–Crippen MR) is 199 cm³/mol. The molecule has 49 heavy (non-hydrogen) atoms. The van der Waals surface area contributed by atoms with Gasteiger partial charge in [-0.3, -0.25) is 0 Å². The van der Waals surface area contributed by atoms with Crippen LogP contribution in [-0.4, -0.2) is 14.5 Å². The van der Waals surface area contributed by atoms with Gasteiger partial charge < -0.3 is 13.4 Å². The maximum atomic E-state index is 6.78. The molecule has 11 aromatic rings. The van der Waals surface area contributed by atoms with Crippen molar-refractivity contribution in [2.45, 2.75) is 0 Å². The molecule has 4 heterocycles. The summed E-state index contributed by atoms with van der Waals surface area (Å²) in [6.45, 7) is 0. The van der Waals surface area contributed by atoms with Gasteiger partial charge in [0.15, 0.2) is 11.4 Å². The van der Waals surface area contributed by atoms with Gasteiger partial charge in [0.1, 0.15) is 28.0 Å². The quantitative estimate of drug-likeness (QED) is 0.196. The van der Waals surface area contributed by atoms with Crippen molar-refractivity contribution in [2.24, 2.45) is 0 Å². The lowest BCUT2D eigenvalue weighted by Gasteiger charge is -2.12. The summed E-state index contributed by atoms with van der Waals surface area (Å²) < 4.78 is 15.6. The number of fused-ring (bicyclic) bond motifs is 10. The average Bonchev–Trinajstić information content (AvgIpc) is 3.83. The van der Waals surface area contributed by atoms with E-state index in [1.54, 1.807) is 0 Å². The maximum absolute atomic E-state index is 6.78. The normalized spacial score (nSPS) is 12.1. The first-order valence-electron chi connectivity index (χ1n) is 16.4. The first-order valence-corrected chi connectivity index (χ1v) is 16.4. The smallest absolute Gasteiger partial charge is 0.180 e. The molecule has 0 aliphatic rings. The standard InChI is InChI=1S/C44H25N3O2/c1-2-12-26(13-3-1)40-43-41(31-18-8-11-21-38(31)49-43)46-44(45-40)32-22-23-35(39-30-17-7-10-20-37(30)48-42(32)39)47-34-19-9-6-16-29(34)33-24-27-14-4-5-15-28(27)25-36(33)47/h1-25H. The topological polar surface area (TPSA) is 57.0 Å². The third-order valence-corrected chi connectivity index (χ3v) is 9.79. The zero-order valence-corrected chi connectivity index (χ0v) is 26.1. The first kappa shape index (κ1) is 26.4. The molecular weight excluding hydrogens is 603 g/mol. The van der Waals surface area contributed by atoms with Crippen LogP contribution in [0.4, 0.5) is 0 Å². The summed E-state index contributed by atoms with van der Waals surface area (Å²) in [6, 6.07) is 52.6. The Hall–Kier alpha value is -6.72. The molecule has 0 aliphatic carbocycles. The van der Waals surface area contributed by atoms with Crippen molar-refractivity contribution < 1.29 is 8.83 Å². The highest BCUT2D eigenvalue weighted by Gasteiger charge is 2.24. The van der Waals surface area contributed by atoms with E-state index in [1.807, 2.05) is 48.5 Å². The van der Waals surface area contributed by atoms with Crippen LogP contribution in [0, 0.1) is 0 Å². The number of furan rings is 2. The fourth-order valence-electron chi connectivity index (χ4n) is 7.59. The molecule has 0 saturated carbocycles. The molecule has 0 unspecified atom stereocenters. The van der Waals surface area contributed by atoms with Crippen LogP contribution in [0.1, 0.15) is 0 Å². The molecule has 0 aliphatic heterocycles. The lowest BCUT2D eigenvalue weighted by molar-refractivity contribution is 0.666. The molecule has 0 amide bonds. The Morgan fingerprint density at radius 3 is 1.96 bits per heavy atom. The lowest BCUT2D eigenvalue weighted by Crippen LogP contribution is -1.98. The largest absolute Gasteiger partial charge is 0.455 e. The van der Waals surface area contributed by atoms with Crippen molar-refractivity contribution in [3.63, 3.8) is 0 Å². The minimum Gasteiger partial charge on any atom is -0.455 e. The van der Waals surface area contributed by atoms with Crippen molar-refractivity contribution >= 4 is 76.6 Å². The Morgan fingerprint density at radius 2 is 1.12 bits per heavy atom. The molecule has 0 atom stereocenters. The Balaban J connectivity index is 1.26. The second-order valence-corrected chi connectivity index (χ2v) is 12.5. The van der Waals surface area contributed by atoms with Crippen LogP contribution in [-0.2, 0) is 0 Å². The molecule has 0 bridgehead atoms. The summed E-state index contributed by atoms with van der Waals surface area (Å²) in [5.74, 6) is 0.585. The van der Waals surface area contributed by atoms with Gasteiger partial charge in [0.25, 0.3) is 0 Å². The summed E-state index contributed by atoms with van der Waals surface area (Å²) in [5.41, 5.74) is 9.66. The molecule has 4 aromatic heterocycles. The highest BCUT2D eigenvalue weighted by molar-refractivity contribution is 6.18. The van der Waals surface area contributed by atoms with E-state index in [-0.39, 0.29) is 0 Å². The van der Waals surface area contributed by atoms with Crippen LogP contribution in [0.2, 0.25) is 0 Å². The van der Waals surface area contributed by atoms with E-state index >= 15 is 0 Å². The number of nitrogens with zero attached hydrogens (tertiary/aromatic N) is 3. The maximum Gasteiger partial charge on any atom is 0.180 e. The zero-order valence-electron chi connectivity index (χ0n) is 26.1. The van der Waals surface area contributed by atoms with Crippen LogP contribution >= 0.6 is 0 Å². The third kappa shape index (κ3) is 3.75. The molecule has 7 aromatic carbocycles. The molecule has 0 spiro atoms. The lowest BCUT2D eigenvalue weighted by atomic mass is 10.0. The van der Waals surface area contributed by atoms with Crippen LogP contribution in [0.25, 0.3) is 105 Å². The second kappa shape index (κ2) is 9.89. The summed E-state index contributed by atoms with van der Waals surface area (Å²) in [6.07, 6.45) is 0. The van der Waals surface area contributed by atoms with E-state index in [9.17, 15) is 0 Å². The second-order valence-electron chi connectivity index (χ2n) is 12.5. The Morgan fingerprint density at radius 1 is 0.469 bits per heavy atom. The van der Waals surface area contributed by atoms with E-state index in [2.05, 4.69) is 108 Å². The molecule has 5 heteroatoms. The molecule has 0 fully saturated rings. The summed E-state index contributed by atoms with van der Waals surface area (Å²) in [4.78, 5) is 10.4. The predicted octanol–water partition coefficient (Wildman–Crippen LogP) is 11.9. The SMILES string of the molecule is c1ccc(-c2nc(-c3ccc(-n4c5ccccc5c5cc6ccccc6cc54)c4c3oc3ccccc34)nc3c2oc2ccccc23)cc1. The van der Waals surface area contributed by atoms with Gasteiger partial charge in [-0.15, -0.1) is 0 Å². The summed E-state index contributed by atoms with van der Waals surface area (Å²) in [5, 5.41) is 7.86. The van der Waals surface area contributed by atoms with Crippen molar-refractivity contribution in [1.82, 2.24) is 14.5 Å². The van der Waals surface area contributed by atoms with Gasteiger partial charge in [-0.1, -0.05) is 103 Å². The van der Waals surface area contributed by atoms with E-state index in [1.165, 1.54) is 21.5 Å². The molecule has 0 saturated heterocycles. The van der Waals surface area contributed by atoms with E-state index < -0.39 is 0 Å². The number of hydrogen-bond donors (Lipinski definition) is 0. The van der Waals surface area contributed by atoms with Crippen LogP contribution < -0.4 is 0 Å². The molecular formula is C44H25N3O2. The number of rotatable bonds is 3. The van der Waals surface area contributed by atoms with Crippen molar-refractivity contribution in [3.05, 3.63) is 152 Å². The first-order chi connectivity index (χ1) is 24.3. The fraction of sp³-hybridized carbons (Fsp3) is 0. The molecule has 228 valence electrons. The van der Waals surface area contributed by atoms with Crippen molar-refractivity contribution in [3.8, 4) is 28.3 Å². The van der Waals surface area contributed by atoms with Gasteiger partial charge in [0.05, 0.1) is 27.7 Å². The van der Waals surface area contributed by atoms with E-state index in [4.69, 9.17) is 18.8 Å². The molecule has 11 rings (SSSR count). The third-order valence-electron chi connectivity index (χ3n) is 9.79. The average molecular weight is 628 g/mol. The van der Waals surface area contributed by atoms with Gasteiger partial charge in [-0.25, -0.2) is 9.97 Å². The Bertz CT molecular complexity index is 3110. The monoisotopic (exact) mass is 627 g/mol. The number of aromatic nitrogens is 3. The number of hydrogen-bond acceptors (Lipinski definition) is 4. The zero-order chi connectivity index (χ0) is 32.1. The number of benzene rings is 7. The number of para-hydroxylation sites is 3. The van der Waals surface area contributed by atoms with Crippen molar-refractivity contribution in [1.29, 1.82) is 0 Å². The van der Waals surface area contributed by atoms with E-state index in [0.717, 1.165) is 72.0 Å². The van der Waals surface area contributed by atoms with Crippen molar-refractivity contribution in [2.75, 3.05) is 0 Å². The summed E-state index contributed by atoms with van der Waals surface area (Å²) in [7, 11) is 0. The Kier molecular flexibility index (Phi) is 5.32. The fourth-order valence-corrected chi connectivity index (χ4v) is 7.59. The summed E-state index contributed by atoms with van der Waals surface area (Å²) >= 11 is 0. The van der Waals surface area contributed by atoms with Gasteiger partial charge >= 0.3 is 0 Å². The Labute approximate surface area is 279 Å². The highest BCUT2D eigenvalue weighted by Crippen LogP contribution is 2.43. The minimum absolute atomic E-state index is 0.585. The van der Waals surface area contributed by atoms with Crippen LogP contribution in [0.15, 0.2) is 160 Å². The van der Waals surface area contributed by atoms with Gasteiger partial charge in [-0.05, 0) is 59.3 Å².